The largest absolute Gasteiger partial charge is 0.353 e. The van der Waals surface area contributed by atoms with Gasteiger partial charge in [-0.2, -0.15) is 11.8 Å². The molecule has 3 N–H and O–H groups in total. The van der Waals surface area contributed by atoms with E-state index in [-0.39, 0.29) is 30.4 Å². The van der Waals surface area contributed by atoms with Gasteiger partial charge in [-0.3, -0.25) is 14.9 Å². The highest BCUT2D eigenvalue weighted by atomic mass is 32.2. The van der Waals surface area contributed by atoms with Gasteiger partial charge in [-0.1, -0.05) is 12.8 Å². The van der Waals surface area contributed by atoms with Crippen LogP contribution >= 0.6 is 11.8 Å². The van der Waals surface area contributed by atoms with Crippen molar-refractivity contribution in [3.05, 3.63) is 0 Å². The van der Waals surface area contributed by atoms with Crippen molar-refractivity contribution in [2.75, 3.05) is 19.3 Å². The molecule has 3 unspecified atom stereocenters. The van der Waals surface area contributed by atoms with Crippen LogP contribution < -0.4 is 16.0 Å². The van der Waals surface area contributed by atoms with Crippen LogP contribution in [0.3, 0.4) is 0 Å². The van der Waals surface area contributed by atoms with Crippen LogP contribution in [-0.2, 0) is 9.59 Å². The van der Waals surface area contributed by atoms with Crippen LogP contribution in [0.4, 0.5) is 0 Å². The minimum atomic E-state index is -0.285. The zero-order chi connectivity index (χ0) is 13.0. The van der Waals surface area contributed by atoms with Crippen LogP contribution in [0.5, 0.6) is 0 Å². The molecule has 0 bridgehead atoms. The number of hydrogen-bond donors (Lipinski definition) is 3. The van der Waals surface area contributed by atoms with Crippen molar-refractivity contribution in [3.8, 4) is 0 Å². The number of hydrogen-bond acceptors (Lipinski definition) is 4. The van der Waals surface area contributed by atoms with E-state index in [1.807, 2.05) is 11.8 Å². The second-order valence-electron chi connectivity index (χ2n) is 4.91. The van der Waals surface area contributed by atoms with Crippen molar-refractivity contribution < 1.29 is 9.59 Å². The summed E-state index contributed by atoms with van der Waals surface area (Å²) in [5, 5.41) is 9.33. The highest BCUT2D eigenvalue weighted by Crippen LogP contribution is 2.27. The van der Waals surface area contributed by atoms with Crippen molar-refractivity contribution >= 4 is 23.6 Å². The summed E-state index contributed by atoms with van der Waals surface area (Å²) in [6.07, 6.45) is 6.80. The zero-order valence-corrected chi connectivity index (χ0v) is 11.5. The Morgan fingerprint density at radius 3 is 2.83 bits per heavy atom. The first-order valence-corrected chi connectivity index (χ1v) is 7.82. The number of carbonyl (C=O) groups is 2. The molecule has 1 aliphatic heterocycles. The second-order valence-corrected chi connectivity index (χ2v) is 5.99. The Balaban J connectivity index is 1.84. The summed E-state index contributed by atoms with van der Waals surface area (Å²) in [6.45, 7) is 0.621. The van der Waals surface area contributed by atoms with Crippen molar-refractivity contribution in [2.45, 2.75) is 43.0 Å². The maximum Gasteiger partial charge on any atom is 0.239 e. The van der Waals surface area contributed by atoms with E-state index in [1.54, 1.807) is 0 Å². The van der Waals surface area contributed by atoms with Crippen LogP contribution in [-0.4, -0.2) is 48.5 Å². The standard InChI is InChI=1S/C12H21N3O2S/c1-18-10-5-3-2-4-8(10)15-12(17)9-6-14-11(16)7-13-9/h8-10,13H,2-7H2,1H3,(H,14,16)(H,15,17). The Labute approximate surface area is 112 Å². The Morgan fingerprint density at radius 1 is 1.39 bits per heavy atom. The normalized spacial score (nSPS) is 32.7. The van der Waals surface area contributed by atoms with E-state index in [9.17, 15) is 9.59 Å². The molecule has 2 rings (SSSR count). The Kier molecular flexibility index (Phi) is 4.88. The van der Waals surface area contributed by atoms with E-state index in [4.69, 9.17) is 0 Å². The highest BCUT2D eigenvalue weighted by molar-refractivity contribution is 7.99. The molecule has 3 atom stereocenters. The maximum absolute atomic E-state index is 12.1. The van der Waals surface area contributed by atoms with Crippen molar-refractivity contribution in [1.29, 1.82) is 0 Å². The van der Waals surface area contributed by atoms with Crippen LogP contribution in [0.2, 0.25) is 0 Å². The molecule has 1 saturated carbocycles. The van der Waals surface area contributed by atoms with E-state index >= 15 is 0 Å². The maximum atomic E-state index is 12.1. The summed E-state index contributed by atoms with van der Waals surface area (Å²) in [4.78, 5) is 23.1. The fourth-order valence-corrected chi connectivity index (χ4v) is 3.51. The average Bonchev–Trinajstić information content (AvgIpc) is 2.40. The molecule has 5 nitrogen and oxygen atoms in total. The predicted molar refractivity (Wildman–Crippen MR) is 72.5 cm³/mol. The van der Waals surface area contributed by atoms with Crippen LogP contribution in [0.25, 0.3) is 0 Å². The number of carbonyl (C=O) groups excluding carboxylic acids is 2. The van der Waals surface area contributed by atoms with Crippen molar-refractivity contribution in [3.63, 3.8) is 0 Å². The molecule has 0 aromatic heterocycles. The van der Waals surface area contributed by atoms with E-state index in [0.29, 0.717) is 11.8 Å². The second kappa shape index (κ2) is 6.43. The SMILES string of the molecule is CSC1CCCCC1NC(=O)C1CNC(=O)CN1. The molecule has 1 saturated heterocycles. The Bertz CT molecular complexity index is 314. The molecule has 18 heavy (non-hydrogen) atoms. The van der Waals surface area contributed by atoms with Gasteiger partial charge in [-0.25, -0.2) is 0 Å². The Morgan fingerprint density at radius 2 is 2.17 bits per heavy atom. The first-order chi connectivity index (χ1) is 8.70. The van der Waals surface area contributed by atoms with Crippen molar-refractivity contribution in [1.82, 2.24) is 16.0 Å². The summed E-state index contributed by atoms with van der Waals surface area (Å²) >= 11 is 1.84. The molecule has 0 radical (unpaired) electrons. The van der Waals surface area contributed by atoms with E-state index in [0.717, 1.165) is 6.42 Å². The minimum absolute atomic E-state index is 0.0148. The lowest BCUT2D eigenvalue weighted by Gasteiger charge is -2.33. The lowest BCUT2D eigenvalue weighted by Crippen LogP contribution is -2.60. The molecular weight excluding hydrogens is 250 g/mol. The van der Waals surface area contributed by atoms with Gasteiger partial charge in [0.15, 0.2) is 0 Å². The highest BCUT2D eigenvalue weighted by Gasteiger charge is 2.29. The number of nitrogens with one attached hydrogen (secondary N) is 3. The molecular formula is C12H21N3O2S. The molecule has 6 heteroatoms. The molecule has 102 valence electrons. The van der Waals surface area contributed by atoms with Crippen molar-refractivity contribution in [2.24, 2.45) is 0 Å². The topological polar surface area (TPSA) is 70.2 Å². The van der Waals surface area contributed by atoms with Gasteiger partial charge in [0.1, 0.15) is 6.04 Å². The number of rotatable bonds is 3. The van der Waals surface area contributed by atoms with Gasteiger partial charge in [0.05, 0.1) is 6.54 Å². The van der Waals surface area contributed by atoms with Gasteiger partial charge in [-0.05, 0) is 19.1 Å². The molecule has 1 aliphatic carbocycles. The average molecular weight is 271 g/mol. The molecule has 2 aliphatic rings. The third-order valence-electron chi connectivity index (χ3n) is 3.66. The van der Waals surface area contributed by atoms with Crippen LogP contribution in [0.1, 0.15) is 25.7 Å². The first-order valence-electron chi connectivity index (χ1n) is 6.54. The van der Waals surface area contributed by atoms with Crippen LogP contribution in [0, 0.1) is 0 Å². The summed E-state index contributed by atoms with van der Waals surface area (Å²) in [5.41, 5.74) is 0. The smallest absolute Gasteiger partial charge is 0.239 e. The van der Waals surface area contributed by atoms with Crippen LogP contribution in [0.15, 0.2) is 0 Å². The number of amides is 2. The van der Waals surface area contributed by atoms with Gasteiger partial charge in [-0.15, -0.1) is 0 Å². The quantitative estimate of drug-likeness (QED) is 0.668. The molecule has 0 spiro atoms. The fraction of sp³-hybridized carbons (Fsp3) is 0.833. The van der Waals surface area contributed by atoms with E-state index in [2.05, 4.69) is 22.2 Å². The fourth-order valence-electron chi connectivity index (χ4n) is 2.58. The third kappa shape index (κ3) is 3.38. The van der Waals surface area contributed by atoms with Gasteiger partial charge in [0.25, 0.3) is 0 Å². The van der Waals surface area contributed by atoms with Gasteiger partial charge < -0.3 is 10.6 Å². The van der Waals surface area contributed by atoms with E-state index < -0.39 is 0 Å². The van der Waals surface area contributed by atoms with Gasteiger partial charge >= 0.3 is 0 Å². The zero-order valence-electron chi connectivity index (χ0n) is 10.7. The summed E-state index contributed by atoms with van der Waals surface area (Å²) in [6, 6.07) is -0.00666. The first kappa shape index (κ1) is 13.7. The molecule has 2 amide bonds. The summed E-state index contributed by atoms with van der Waals surface area (Å²) < 4.78 is 0. The van der Waals surface area contributed by atoms with Gasteiger partial charge in [0.2, 0.25) is 11.8 Å². The molecule has 0 aromatic rings. The lowest BCUT2D eigenvalue weighted by atomic mass is 9.94. The molecule has 2 fully saturated rings. The third-order valence-corrected chi connectivity index (χ3v) is 4.83. The molecule has 0 aromatic carbocycles. The predicted octanol–water partition coefficient (Wildman–Crippen LogP) is -0.135. The van der Waals surface area contributed by atoms with Gasteiger partial charge in [0, 0.05) is 17.8 Å². The summed E-state index contributed by atoms with van der Waals surface area (Å²) in [5.74, 6) is -0.0281. The monoisotopic (exact) mass is 271 g/mol. The Hall–Kier alpha value is -0.750. The lowest BCUT2D eigenvalue weighted by molar-refractivity contribution is -0.127. The molecule has 1 heterocycles. The number of thioether (sulfide) groups is 1. The van der Waals surface area contributed by atoms with E-state index in [1.165, 1.54) is 19.3 Å². The minimum Gasteiger partial charge on any atom is -0.353 e. The summed E-state index contributed by atoms with van der Waals surface area (Å²) in [7, 11) is 0. The number of piperazine rings is 1.